The molecule has 12 heavy (non-hydrogen) atoms. The number of hydrogen-bond acceptors (Lipinski definition) is 4. The summed E-state index contributed by atoms with van der Waals surface area (Å²) in [6.07, 6.45) is 0. The second-order valence-electron chi connectivity index (χ2n) is 2.94. The highest BCUT2D eigenvalue weighted by molar-refractivity contribution is 5.96. The number of carbonyl (C=O) groups is 2. The van der Waals surface area contributed by atoms with Crippen LogP contribution in [0.1, 0.15) is 13.8 Å². The Morgan fingerprint density at radius 1 is 1.42 bits per heavy atom. The molecule has 0 bridgehead atoms. The van der Waals surface area contributed by atoms with E-state index in [1.54, 1.807) is 0 Å². The second-order valence-corrected chi connectivity index (χ2v) is 2.94. The number of hydroxylamine groups is 1. The maximum Gasteiger partial charge on any atom is 0.345 e. The van der Waals surface area contributed by atoms with E-state index < -0.39 is 17.4 Å². The summed E-state index contributed by atoms with van der Waals surface area (Å²) in [4.78, 5) is 21.4. The molecule has 0 heterocycles. The van der Waals surface area contributed by atoms with E-state index in [2.05, 4.69) is 0 Å². The zero-order valence-corrected chi connectivity index (χ0v) is 6.92. The number of nitrogens with one attached hydrogen (secondary N) is 2. The van der Waals surface area contributed by atoms with E-state index in [1.807, 2.05) is 5.32 Å². The number of carbonyl (C=O) groups excluding carboxylic acids is 2. The summed E-state index contributed by atoms with van der Waals surface area (Å²) in [5.41, 5.74) is 0.204. The summed E-state index contributed by atoms with van der Waals surface area (Å²) >= 11 is 0. The number of urea groups is 1. The molecule has 3 amide bonds. The van der Waals surface area contributed by atoms with Gasteiger partial charge in [0.15, 0.2) is 0 Å². The first-order valence-corrected chi connectivity index (χ1v) is 3.30. The van der Waals surface area contributed by atoms with Gasteiger partial charge in [-0.25, -0.2) is 10.3 Å². The minimum atomic E-state index is -1.04. The topological polar surface area (TPSA) is 98.7 Å². The lowest BCUT2D eigenvalue weighted by Gasteiger charge is -2.19. The third-order valence-electron chi connectivity index (χ3n) is 1.34. The SMILES string of the molecule is CC(C)(CO)C(=O)NC(=O)NO. The molecule has 0 saturated heterocycles. The van der Waals surface area contributed by atoms with Crippen molar-refractivity contribution >= 4 is 11.9 Å². The van der Waals surface area contributed by atoms with Gasteiger partial charge >= 0.3 is 6.03 Å². The molecule has 0 atom stereocenters. The van der Waals surface area contributed by atoms with Gasteiger partial charge in [-0.3, -0.25) is 15.3 Å². The van der Waals surface area contributed by atoms with Crippen molar-refractivity contribution in [1.82, 2.24) is 10.8 Å². The zero-order valence-electron chi connectivity index (χ0n) is 6.92. The van der Waals surface area contributed by atoms with Crippen LogP contribution < -0.4 is 10.8 Å². The minimum Gasteiger partial charge on any atom is -0.395 e. The molecule has 0 aliphatic rings. The van der Waals surface area contributed by atoms with Gasteiger partial charge in [-0.15, -0.1) is 0 Å². The van der Waals surface area contributed by atoms with E-state index in [-0.39, 0.29) is 6.61 Å². The summed E-state index contributed by atoms with van der Waals surface area (Å²) in [5.74, 6) is -0.656. The Bertz CT molecular complexity index is 190. The summed E-state index contributed by atoms with van der Waals surface area (Å²) in [7, 11) is 0. The molecule has 6 nitrogen and oxygen atoms in total. The average Bonchev–Trinajstić information content (AvgIpc) is 2.04. The molecule has 0 unspecified atom stereocenters. The molecule has 0 aromatic carbocycles. The second kappa shape index (κ2) is 4.03. The van der Waals surface area contributed by atoms with Gasteiger partial charge in [0.2, 0.25) is 5.91 Å². The fourth-order valence-electron chi connectivity index (χ4n) is 0.372. The molecule has 0 aliphatic heterocycles. The highest BCUT2D eigenvalue weighted by Crippen LogP contribution is 2.12. The van der Waals surface area contributed by atoms with Crippen molar-refractivity contribution in [3.8, 4) is 0 Å². The van der Waals surface area contributed by atoms with Crippen molar-refractivity contribution in [2.75, 3.05) is 6.61 Å². The van der Waals surface area contributed by atoms with Gasteiger partial charge in [-0.05, 0) is 13.8 Å². The molecule has 0 saturated carbocycles. The predicted octanol–water partition coefficient (Wildman–Crippen LogP) is -0.780. The van der Waals surface area contributed by atoms with Gasteiger partial charge in [-0.2, -0.15) is 0 Å². The van der Waals surface area contributed by atoms with Gasteiger partial charge < -0.3 is 5.11 Å². The van der Waals surface area contributed by atoms with Crippen LogP contribution in [-0.4, -0.2) is 28.9 Å². The Labute approximate surface area is 69.5 Å². The Balaban J connectivity index is 4.13. The highest BCUT2D eigenvalue weighted by Gasteiger charge is 2.27. The van der Waals surface area contributed by atoms with Crippen LogP contribution in [-0.2, 0) is 4.79 Å². The molecule has 0 spiro atoms. The third-order valence-corrected chi connectivity index (χ3v) is 1.34. The lowest BCUT2D eigenvalue weighted by Crippen LogP contribution is -2.45. The Morgan fingerprint density at radius 3 is 2.25 bits per heavy atom. The quantitative estimate of drug-likeness (QED) is 0.327. The van der Waals surface area contributed by atoms with Crippen molar-refractivity contribution in [2.45, 2.75) is 13.8 Å². The van der Waals surface area contributed by atoms with Crippen molar-refractivity contribution in [3.63, 3.8) is 0 Å². The minimum absolute atomic E-state index is 0.377. The van der Waals surface area contributed by atoms with Gasteiger partial charge in [0.1, 0.15) is 0 Å². The fourth-order valence-corrected chi connectivity index (χ4v) is 0.372. The molecule has 0 rings (SSSR count). The third kappa shape index (κ3) is 2.85. The molecule has 0 aliphatic carbocycles. The maximum atomic E-state index is 11.0. The first kappa shape index (κ1) is 10.9. The summed E-state index contributed by atoms with van der Waals surface area (Å²) in [5, 5.41) is 18.6. The van der Waals surface area contributed by atoms with Crippen molar-refractivity contribution in [1.29, 1.82) is 0 Å². The van der Waals surface area contributed by atoms with E-state index >= 15 is 0 Å². The van der Waals surface area contributed by atoms with Gasteiger partial charge in [-0.1, -0.05) is 0 Å². The lowest BCUT2D eigenvalue weighted by molar-refractivity contribution is -0.130. The number of aliphatic hydroxyl groups excluding tert-OH is 1. The Morgan fingerprint density at radius 2 is 1.92 bits per heavy atom. The normalized spacial score (nSPS) is 10.7. The molecular weight excluding hydrogens is 164 g/mol. The molecule has 0 radical (unpaired) electrons. The van der Waals surface area contributed by atoms with Crippen molar-refractivity contribution in [2.24, 2.45) is 5.41 Å². The molecule has 6 heteroatoms. The molecule has 0 aromatic heterocycles. The average molecular weight is 176 g/mol. The predicted molar refractivity (Wildman–Crippen MR) is 39.3 cm³/mol. The number of aliphatic hydroxyl groups is 1. The van der Waals surface area contributed by atoms with E-state index in [1.165, 1.54) is 19.3 Å². The smallest absolute Gasteiger partial charge is 0.345 e. The summed E-state index contributed by atoms with van der Waals surface area (Å²) < 4.78 is 0. The van der Waals surface area contributed by atoms with Crippen LogP contribution in [0.2, 0.25) is 0 Å². The van der Waals surface area contributed by atoms with Crippen molar-refractivity contribution in [3.05, 3.63) is 0 Å². The Kier molecular flexibility index (Phi) is 3.65. The first-order valence-electron chi connectivity index (χ1n) is 3.30. The zero-order chi connectivity index (χ0) is 9.78. The van der Waals surface area contributed by atoms with Crippen LogP contribution in [0.3, 0.4) is 0 Å². The summed E-state index contributed by atoms with van der Waals surface area (Å²) in [6, 6.07) is -1.01. The largest absolute Gasteiger partial charge is 0.395 e. The van der Waals surface area contributed by atoms with Crippen LogP contribution in [0.4, 0.5) is 4.79 Å². The summed E-state index contributed by atoms with van der Waals surface area (Å²) in [6.45, 7) is 2.55. The van der Waals surface area contributed by atoms with E-state index in [4.69, 9.17) is 10.3 Å². The molecule has 0 fully saturated rings. The number of rotatable bonds is 2. The van der Waals surface area contributed by atoms with E-state index in [9.17, 15) is 9.59 Å². The van der Waals surface area contributed by atoms with Gasteiger partial charge in [0.25, 0.3) is 0 Å². The van der Waals surface area contributed by atoms with Gasteiger partial charge in [0, 0.05) is 0 Å². The maximum absolute atomic E-state index is 11.0. The van der Waals surface area contributed by atoms with Crippen LogP contribution in [0.5, 0.6) is 0 Å². The van der Waals surface area contributed by atoms with Crippen LogP contribution in [0.25, 0.3) is 0 Å². The number of amides is 3. The van der Waals surface area contributed by atoms with E-state index in [0.29, 0.717) is 0 Å². The Hall–Kier alpha value is -1.14. The fraction of sp³-hybridized carbons (Fsp3) is 0.667. The van der Waals surface area contributed by atoms with Crippen molar-refractivity contribution < 1.29 is 19.9 Å². The number of imide groups is 1. The molecule has 0 aromatic rings. The standard InChI is InChI=1S/C6H12N2O4/c1-6(2,3-9)4(10)7-5(11)8-12/h9,12H,3H2,1-2H3,(H2,7,8,10,11). The van der Waals surface area contributed by atoms with E-state index in [0.717, 1.165) is 0 Å². The lowest BCUT2D eigenvalue weighted by atomic mass is 9.94. The first-order chi connectivity index (χ1) is 5.44. The number of hydrogen-bond donors (Lipinski definition) is 4. The highest BCUT2D eigenvalue weighted by atomic mass is 16.5. The molecule has 70 valence electrons. The van der Waals surface area contributed by atoms with Crippen LogP contribution >= 0.6 is 0 Å². The van der Waals surface area contributed by atoms with Gasteiger partial charge in [0.05, 0.1) is 12.0 Å². The monoisotopic (exact) mass is 176 g/mol. The van der Waals surface area contributed by atoms with Crippen LogP contribution in [0.15, 0.2) is 0 Å². The molecule has 4 N–H and O–H groups in total. The molecular formula is C6H12N2O4. The van der Waals surface area contributed by atoms with Crippen LogP contribution in [0, 0.1) is 5.41 Å².